The molecule has 0 bridgehead atoms. The first kappa shape index (κ1) is 17.0. The van der Waals surface area contributed by atoms with E-state index < -0.39 is 11.1 Å². The lowest BCUT2D eigenvalue weighted by molar-refractivity contribution is -0.115. The first-order valence-electron chi connectivity index (χ1n) is 7.73. The number of amides is 1. The van der Waals surface area contributed by atoms with Gasteiger partial charge < -0.3 is 15.3 Å². The zero-order valence-electron chi connectivity index (χ0n) is 13.8. The number of fused-ring (bicyclic) bond motifs is 1. The molecule has 1 atom stereocenters. The summed E-state index contributed by atoms with van der Waals surface area (Å²) >= 11 is 1.47. The van der Waals surface area contributed by atoms with E-state index in [9.17, 15) is 14.4 Å². The van der Waals surface area contributed by atoms with Crippen molar-refractivity contribution in [2.24, 2.45) is 0 Å². The highest BCUT2D eigenvalue weighted by molar-refractivity contribution is 8.00. The van der Waals surface area contributed by atoms with E-state index >= 15 is 0 Å². The predicted octanol–water partition coefficient (Wildman–Crippen LogP) is 2.64. The van der Waals surface area contributed by atoms with Crippen LogP contribution in [0.2, 0.25) is 0 Å². The number of aromatic nitrogens is 2. The van der Waals surface area contributed by atoms with E-state index in [0.29, 0.717) is 16.7 Å². The highest BCUT2D eigenvalue weighted by atomic mass is 32.2. The van der Waals surface area contributed by atoms with E-state index in [-0.39, 0.29) is 11.2 Å². The highest BCUT2D eigenvalue weighted by Crippen LogP contribution is 2.24. The number of thioether (sulfide) groups is 1. The van der Waals surface area contributed by atoms with Gasteiger partial charge in [-0.05, 0) is 44.2 Å². The van der Waals surface area contributed by atoms with Crippen LogP contribution in [0.3, 0.4) is 0 Å². The zero-order valence-corrected chi connectivity index (χ0v) is 14.6. The molecule has 1 heterocycles. The van der Waals surface area contributed by atoms with Crippen LogP contribution in [0.5, 0.6) is 0 Å². The summed E-state index contributed by atoms with van der Waals surface area (Å²) < 4.78 is 0. The summed E-state index contributed by atoms with van der Waals surface area (Å²) in [7, 11) is 0. The van der Waals surface area contributed by atoms with Gasteiger partial charge >= 0.3 is 11.1 Å². The molecule has 0 aliphatic heterocycles. The van der Waals surface area contributed by atoms with Crippen molar-refractivity contribution in [2.75, 3.05) is 5.32 Å². The molecule has 1 aromatic heterocycles. The molecule has 1 amide bonds. The number of nitrogens with one attached hydrogen (secondary N) is 3. The Bertz CT molecular complexity index is 1040. The molecule has 3 N–H and O–H groups in total. The van der Waals surface area contributed by atoms with Crippen LogP contribution in [-0.4, -0.2) is 21.1 Å². The Morgan fingerprint density at radius 2 is 1.64 bits per heavy atom. The van der Waals surface area contributed by atoms with E-state index in [0.717, 1.165) is 4.90 Å². The van der Waals surface area contributed by atoms with Gasteiger partial charge in [0.05, 0.1) is 16.3 Å². The van der Waals surface area contributed by atoms with Gasteiger partial charge in [-0.2, -0.15) is 0 Å². The molecule has 2 aromatic carbocycles. The molecule has 0 saturated heterocycles. The third-order valence-electron chi connectivity index (χ3n) is 3.69. The number of benzene rings is 2. The van der Waals surface area contributed by atoms with Gasteiger partial charge in [0.2, 0.25) is 5.91 Å². The van der Waals surface area contributed by atoms with Crippen LogP contribution < -0.4 is 16.4 Å². The average Bonchev–Trinajstić information content (AvgIpc) is 2.58. The molecule has 0 unspecified atom stereocenters. The van der Waals surface area contributed by atoms with Crippen molar-refractivity contribution in [1.82, 2.24) is 9.97 Å². The van der Waals surface area contributed by atoms with E-state index in [1.165, 1.54) is 17.3 Å². The molecular weight excluding hydrogens is 338 g/mol. The highest BCUT2D eigenvalue weighted by Gasteiger charge is 2.15. The molecule has 0 saturated carbocycles. The van der Waals surface area contributed by atoms with Crippen LogP contribution in [0.25, 0.3) is 11.0 Å². The van der Waals surface area contributed by atoms with Crippen LogP contribution in [0.15, 0.2) is 56.9 Å². The van der Waals surface area contributed by atoms with E-state index in [1.807, 2.05) is 38.1 Å². The summed E-state index contributed by atoms with van der Waals surface area (Å²) in [6.45, 7) is 3.85. The molecule has 25 heavy (non-hydrogen) atoms. The standard InChI is InChI=1S/C18H17N3O3S/c1-10-3-6-13(7-4-10)25-11(2)16(22)19-12-5-8-14-15(9-12)21-18(24)17(23)20-14/h3-9,11H,1-2H3,(H,19,22)(H,20,23)(H,21,24)/t11-/m0/s1. The summed E-state index contributed by atoms with van der Waals surface area (Å²) in [5.41, 5.74) is 1.26. The number of carbonyl (C=O) groups is 1. The number of rotatable bonds is 4. The van der Waals surface area contributed by atoms with Gasteiger partial charge in [0.25, 0.3) is 0 Å². The number of aryl methyl sites for hydroxylation is 1. The summed E-state index contributed by atoms with van der Waals surface area (Å²) in [6, 6.07) is 12.9. The second-order valence-electron chi connectivity index (χ2n) is 5.73. The smallest absolute Gasteiger partial charge is 0.314 e. The molecule has 0 radical (unpaired) electrons. The van der Waals surface area contributed by atoms with Gasteiger partial charge in [0, 0.05) is 10.6 Å². The molecule has 0 spiro atoms. The van der Waals surface area contributed by atoms with Crippen molar-refractivity contribution in [3.63, 3.8) is 0 Å². The van der Waals surface area contributed by atoms with E-state index in [1.54, 1.807) is 18.2 Å². The number of hydrogen-bond donors (Lipinski definition) is 3. The number of aromatic amines is 2. The maximum atomic E-state index is 12.4. The summed E-state index contributed by atoms with van der Waals surface area (Å²) in [6.07, 6.45) is 0. The number of anilines is 1. The molecule has 0 aliphatic carbocycles. The first-order valence-corrected chi connectivity index (χ1v) is 8.61. The molecule has 0 fully saturated rings. The van der Waals surface area contributed by atoms with Gasteiger partial charge in [0.1, 0.15) is 0 Å². The Morgan fingerprint density at radius 3 is 2.32 bits per heavy atom. The zero-order chi connectivity index (χ0) is 18.0. The molecule has 3 rings (SSSR count). The Hall–Kier alpha value is -2.80. The van der Waals surface area contributed by atoms with Crippen molar-refractivity contribution < 1.29 is 4.79 Å². The second kappa shape index (κ2) is 6.98. The Morgan fingerprint density at radius 1 is 1.00 bits per heavy atom. The third-order valence-corrected chi connectivity index (χ3v) is 4.80. The Labute approximate surface area is 147 Å². The first-order chi connectivity index (χ1) is 11.9. The van der Waals surface area contributed by atoms with Crippen molar-refractivity contribution in [3.05, 3.63) is 68.7 Å². The maximum Gasteiger partial charge on any atom is 0.314 e. The van der Waals surface area contributed by atoms with Gasteiger partial charge in [0.15, 0.2) is 0 Å². The monoisotopic (exact) mass is 355 g/mol. The van der Waals surface area contributed by atoms with Crippen molar-refractivity contribution in [3.8, 4) is 0 Å². The minimum absolute atomic E-state index is 0.142. The second-order valence-corrected chi connectivity index (χ2v) is 7.15. The third kappa shape index (κ3) is 4.00. The fourth-order valence-electron chi connectivity index (χ4n) is 2.31. The average molecular weight is 355 g/mol. The van der Waals surface area contributed by atoms with Crippen LogP contribution in [-0.2, 0) is 4.79 Å². The largest absolute Gasteiger partial charge is 0.325 e. The molecule has 7 heteroatoms. The number of H-pyrrole nitrogens is 2. The number of carbonyl (C=O) groups excluding carboxylic acids is 1. The SMILES string of the molecule is Cc1ccc(S[C@@H](C)C(=O)Nc2ccc3[nH]c(=O)c(=O)[nH]c3c2)cc1. The van der Waals surface area contributed by atoms with E-state index in [2.05, 4.69) is 15.3 Å². The quantitative estimate of drug-likeness (QED) is 0.495. The van der Waals surface area contributed by atoms with Gasteiger partial charge in [-0.1, -0.05) is 17.7 Å². The normalized spacial score (nSPS) is 12.1. The number of hydrogen-bond acceptors (Lipinski definition) is 4. The van der Waals surface area contributed by atoms with Crippen molar-refractivity contribution in [1.29, 1.82) is 0 Å². The summed E-state index contributed by atoms with van der Waals surface area (Å²) in [5.74, 6) is -0.142. The molecule has 0 aliphatic rings. The minimum atomic E-state index is -0.723. The van der Waals surface area contributed by atoms with E-state index in [4.69, 9.17) is 0 Å². The molecule has 6 nitrogen and oxygen atoms in total. The lowest BCUT2D eigenvalue weighted by Crippen LogP contribution is -2.29. The van der Waals surface area contributed by atoms with Crippen molar-refractivity contribution in [2.45, 2.75) is 24.0 Å². The fraction of sp³-hybridized carbons (Fsp3) is 0.167. The van der Waals surface area contributed by atoms with Crippen LogP contribution >= 0.6 is 11.8 Å². The summed E-state index contributed by atoms with van der Waals surface area (Å²) in [5, 5.41) is 2.54. The molecule has 3 aromatic rings. The van der Waals surface area contributed by atoms with Gasteiger partial charge in [-0.15, -0.1) is 11.8 Å². The van der Waals surface area contributed by atoms with Crippen LogP contribution in [0, 0.1) is 6.92 Å². The molecular formula is C18H17N3O3S. The Kier molecular flexibility index (Phi) is 4.76. The lowest BCUT2D eigenvalue weighted by atomic mass is 10.2. The maximum absolute atomic E-state index is 12.4. The Balaban J connectivity index is 1.74. The lowest BCUT2D eigenvalue weighted by Gasteiger charge is -2.12. The van der Waals surface area contributed by atoms with Crippen LogP contribution in [0.4, 0.5) is 5.69 Å². The van der Waals surface area contributed by atoms with Crippen LogP contribution in [0.1, 0.15) is 12.5 Å². The minimum Gasteiger partial charge on any atom is -0.325 e. The van der Waals surface area contributed by atoms with Gasteiger partial charge in [-0.25, -0.2) is 0 Å². The topological polar surface area (TPSA) is 94.8 Å². The summed E-state index contributed by atoms with van der Waals surface area (Å²) in [4.78, 5) is 41.1. The van der Waals surface area contributed by atoms with Crippen molar-refractivity contribution >= 4 is 34.4 Å². The fourth-order valence-corrected chi connectivity index (χ4v) is 3.18. The van der Waals surface area contributed by atoms with Gasteiger partial charge in [-0.3, -0.25) is 14.4 Å². The predicted molar refractivity (Wildman–Crippen MR) is 100 cm³/mol. The molecule has 128 valence electrons.